The number of aliphatic hydroxyl groups is 1. The molecular weight excluding hydrogens is 284 g/mol. The van der Waals surface area contributed by atoms with Crippen molar-refractivity contribution in [2.24, 2.45) is 5.41 Å². The minimum atomic E-state index is -0.112. The van der Waals surface area contributed by atoms with Gasteiger partial charge in [-0.1, -0.05) is 13.8 Å². The molecule has 1 rings (SSSR count). The zero-order valence-corrected chi connectivity index (χ0v) is 11.8. The van der Waals surface area contributed by atoms with Gasteiger partial charge in [-0.05, 0) is 28.8 Å². The number of nitrogens with one attached hydrogen (secondary N) is 1. The van der Waals surface area contributed by atoms with Gasteiger partial charge in [0.15, 0.2) is 0 Å². The Morgan fingerprint density at radius 1 is 1.47 bits per heavy atom. The summed E-state index contributed by atoms with van der Waals surface area (Å²) in [6, 6.07) is 0. The summed E-state index contributed by atoms with van der Waals surface area (Å²) >= 11 is 3.36. The topological polar surface area (TPSA) is 84.1 Å². The number of halogens is 1. The highest BCUT2D eigenvalue weighted by molar-refractivity contribution is 9.10. The first-order valence-electron chi connectivity index (χ1n) is 5.69. The molecule has 0 aliphatic heterocycles. The first kappa shape index (κ1) is 14.2. The molecule has 0 amide bonds. The first-order chi connectivity index (χ1) is 8.06. The summed E-state index contributed by atoms with van der Waals surface area (Å²) in [5, 5.41) is 12.7. The summed E-state index contributed by atoms with van der Waals surface area (Å²) in [7, 11) is 0. The third-order valence-electron chi connectivity index (χ3n) is 3.23. The molecule has 0 atom stereocenters. The molecule has 5 nitrogen and oxygen atoms in total. The summed E-state index contributed by atoms with van der Waals surface area (Å²) in [6.45, 7) is 4.96. The van der Waals surface area contributed by atoms with Crippen LogP contribution >= 0.6 is 15.9 Å². The minimum Gasteiger partial charge on any atom is -0.396 e. The molecule has 0 saturated heterocycles. The van der Waals surface area contributed by atoms with Crippen LogP contribution in [0, 0.1) is 5.41 Å². The number of anilines is 2. The highest BCUT2D eigenvalue weighted by Crippen LogP contribution is 2.27. The van der Waals surface area contributed by atoms with E-state index < -0.39 is 0 Å². The number of rotatable bonds is 6. The van der Waals surface area contributed by atoms with Crippen molar-refractivity contribution in [2.75, 3.05) is 24.2 Å². The van der Waals surface area contributed by atoms with E-state index in [9.17, 15) is 5.11 Å². The third kappa shape index (κ3) is 3.54. The zero-order chi connectivity index (χ0) is 12.9. The summed E-state index contributed by atoms with van der Waals surface area (Å²) < 4.78 is 0.769. The summed E-state index contributed by atoms with van der Waals surface area (Å²) in [4.78, 5) is 7.98. The van der Waals surface area contributed by atoms with Crippen molar-refractivity contribution in [1.82, 2.24) is 9.97 Å². The number of nitrogens with zero attached hydrogens (tertiary/aromatic N) is 2. The molecule has 0 unspecified atom stereocenters. The van der Waals surface area contributed by atoms with Crippen molar-refractivity contribution in [3.05, 3.63) is 10.7 Å². The number of hydrogen-bond acceptors (Lipinski definition) is 5. The molecule has 0 radical (unpaired) electrons. The molecule has 1 heterocycles. The largest absolute Gasteiger partial charge is 0.396 e. The molecule has 1 aromatic heterocycles. The predicted molar refractivity (Wildman–Crippen MR) is 72.7 cm³/mol. The average Bonchev–Trinajstić information content (AvgIpc) is 2.35. The SMILES string of the molecule is CCC(CC)(CO)CNc1nc(N)ncc1Br. The van der Waals surface area contributed by atoms with Crippen LogP contribution in [0.4, 0.5) is 11.8 Å². The Balaban J connectivity index is 2.75. The van der Waals surface area contributed by atoms with E-state index in [4.69, 9.17) is 5.73 Å². The Kier molecular flexibility index (Phi) is 5.14. The van der Waals surface area contributed by atoms with Gasteiger partial charge in [-0.25, -0.2) is 4.98 Å². The smallest absolute Gasteiger partial charge is 0.221 e. The monoisotopic (exact) mass is 302 g/mol. The first-order valence-corrected chi connectivity index (χ1v) is 6.49. The van der Waals surface area contributed by atoms with E-state index in [0.29, 0.717) is 12.4 Å². The predicted octanol–water partition coefficient (Wildman–Crippen LogP) is 2.03. The molecule has 0 spiro atoms. The van der Waals surface area contributed by atoms with E-state index in [1.54, 1.807) is 6.20 Å². The molecule has 1 aromatic rings. The van der Waals surface area contributed by atoms with E-state index in [2.05, 4.69) is 45.1 Å². The Morgan fingerprint density at radius 2 is 2.12 bits per heavy atom. The Labute approximate surface area is 110 Å². The molecule has 0 aromatic carbocycles. The van der Waals surface area contributed by atoms with E-state index >= 15 is 0 Å². The summed E-state index contributed by atoms with van der Waals surface area (Å²) in [6.07, 6.45) is 3.43. The van der Waals surface area contributed by atoms with Crippen molar-refractivity contribution in [3.8, 4) is 0 Å². The van der Waals surface area contributed by atoms with Gasteiger partial charge in [0, 0.05) is 18.2 Å². The lowest BCUT2D eigenvalue weighted by Crippen LogP contribution is -2.32. The van der Waals surface area contributed by atoms with Crippen LogP contribution in [0.1, 0.15) is 26.7 Å². The Morgan fingerprint density at radius 3 is 2.65 bits per heavy atom. The number of nitrogen functional groups attached to an aromatic ring is 1. The molecular formula is C11H19BrN4O. The van der Waals surface area contributed by atoms with Crippen LogP contribution in [0.2, 0.25) is 0 Å². The van der Waals surface area contributed by atoms with Crippen LogP contribution in [0.3, 0.4) is 0 Å². The molecule has 6 heteroatoms. The zero-order valence-electron chi connectivity index (χ0n) is 10.2. The van der Waals surface area contributed by atoms with Gasteiger partial charge < -0.3 is 16.2 Å². The van der Waals surface area contributed by atoms with Gasteiger partial charge in [-0.2, -0.15) is 4.98 Å². The normalized spacial score (nSPS) is 11.5. The maximum absolute atomic E-state index is 9.47. The second-order valence-electron chi connectivity index (χ2n) is 4.14. The fraction of sp³-hybridized carbons (Fsp3) is 0.636. The Bertz CT molecular complexity index is 360. The van der Waals surface area contributed by atoms with Crippen molar-refractivity contribution in [1.29, 1.82) is 0 Å². The van der Waals surface area contributed by atoms with Crippen molar-refractivity contribution in [2.45, 2.75) is 26.7 Å². The van der Waals surface area contributed by atoms with Gasteiger partial charge in [0.05, 0.1) is 11.1 Å². The fourth-order valence-corrected chi connectivity index (χ4v) is 1.89. The van der Waals surface area contributed by atoms with Gasteiger partial charge in [0.2, 0.25) is 5.95 Å². The molecule has 0 aliphatic carbocycles. The van der Waals surface area contributed by atoms with E-state index in [1.807, 2.05) is 0 Å². The van der Waals surface area contributed by atoms with E-state index in [-0.39, 0.29) is 18.0 Å². The molecule has 17 heavy (non-hydrogen) atoms. The van der Waals surface area contributed by atoms with Crippen LogP contribution in [0.15, 0.2) is 10.7 Å². The number of hydrogen-bond donors (Lipinski definition) is 3. The maximum atomic E-state index is 9.47. The molecule has 0 saturated carbocycles. The highest BCUT2D eigenvalue weighted by Gasteiger charge is 2.25. The Hall–Kier alpha value is -0.880. The van der Waals surface area contributed by atoms with Crippen LogP contribution in [0.25, 0.3) is 0 Å². The second kappa shape index (κ2) is 6.16. The van der Waals surface area contributed by atoms with Gasteiger partial charge >= 0.3 is 0 Å². The average molecular weight is 303 g/mol. The quantitative estimate of drug-likeness (QED) is 0.749. The lowest BCUT2D eigenvalue weighted by molar-refractivity contribution is 0.127. The lowest BCUT2D eigenvalue weighted by Gasteiger charge is -2.29. The standard InChI is InChI=1S/C11H19BrN4O/c1-3-11(4-2,7-17)6-15-9-8(12)5-14-10(13)16-9/h5,17H,3-4,6-7H2,1-2H3,(H3,13,14,15,16). The van der Waals surface area contributed by atoms with Crippen LogP contribution < -0.4 is 11.1 Å². The van der Waals surface area contributed by atoms with Crippen LogP contribution in [-0.4, -0.2) is 28.2 Å². The van der Waals surface area contributed by atoms with Crippen molar-refractivity contribution in [3.63, 3.8) is 0 Å². The maximum Gasteiger partial charge on any atom is 0.221 e. The fourth-order valence-electron chi connectivity index (χ4n) is 1.56. The number of nitrogens with two attached hydrogens (primary N) is 1. The lowest BCUT2D eigenvalue weighted by atomic mass is 9.83. The molecule has 4 N–H and O–H groups in total. The van der Waals surface area contributed by atoms with Gasteiger partial charge in [-0.3, -0.25) is 0 Å². The molecule has 0 aliphatic rings. The van der Waals surface area contributed by atoms with Gasteiger partial charge in [-0.15, -0.1) is 0 Å². The van der Waals surface area contributed by atoms with Gasteiger partial charge in [0.1, 0.15) is 5.82 Å². The number of aliphatic hydroxyl groups excluding tert-OH is 1. The molecule has 0 fully saturated rings. The van der Waals surface area contributed by atoms with E-state index in [0.717, 1.165) is 17.3 Å². The van der Waals surface area contributed by atoms with Crippen molar-refractivity contribution < 1.29 is 5.11 Å². The highest BCUT2D eigenvalue weighted by atomic mass is 79.9. The molecule has 96 valence electrons. The second-order valence-corrected chi connectivity index (χ2v) is 5.00. The van der Waals surface area contributed by atoms with E-state index in [1.165, 1.54) is 0 Å². The summed E-state index contributed by atoms with van der Waals surface area (Å²) in [5.41, 5.74) is 5.42. The van der Waals surface area contributed by atoms with Gasteiger partial charge in [0.25, 0.3) is 0 Å². The third-order valence-corrected chi connectivity index (χ3v) is 3.81. The summed E-state index contributed by atoms with van der Waals surface area (Å²) in [5.74, 6) is 0.899. The van der Waals surface area contributed by atoms with Crippen LogP contribution in [-0.2, 0) is 0 Å². The number of aromatic nitrogens is 2. The molecule has 0 bridgehead atoms. The van der Waals surface area contributed by atoms with Crippen molar-refractivity contribution >= 4 is 27.7 Å². The minimum absolute atomic E-state index is 0.112. The van der Waals surface area contributed by atoms with Crippen LogP contribution in [0.5, 0.6) is 0 Å².